The number of benzene rings is 2. The van der Waals surface area contributed by atoms with Crippen LogP contribution in [0.15, 0.2) is 58.3 Å². The normalized spacial score (nSPS) is 11.0. The summed E-state index contributed by atoms with van der Waals surface area (Å²) >= 11 is 0. The molecule has 0 bridgehead atoms. The first-order valence-corrected chi connectivity index (χ1v) is 8.96. The maximum absolute atomic E-state index is 10.5. The van der Waals surface area contributed by atoms with Gasteiger partial charge in [0.15, 0.2) is 0 Å². The van der Waals surface area contributed by atoms with Gasteiger partial charge < -0.3 is 0 Å². The molecule has 2 aromatic carbocycles. The zero-order valence-electron chi connectivity index (χ0n) is 12.5. The SMILES string of the molecule is Cc1ccc(S(=O)(=O)O)cc1.Cc1ccc(S(=O)(=O)O)cc1.[Pb]. The van der Waals surface area contributed by atoms with Crippen molar-refractivity contribution in [3.05, 3.63) is 59.7 Å². The second-order valence-corrected chi connectivity index (χ2v) is 7.42. The van der Waals surface area contributed by atoms with Crippen LogP contribution in [0.3, 0.4) is 0 Å². The van der Waals surface area contributed by atoms with Crippen molar-refractivity contribution in [2.45, 2.75) is 23.6 Å². The minimum absolute atomic E-state index is 0. The van der Waals surface area contributed by atoms with Gasteiger partial charge in [0.25, 0.3) is 20.2 Å². The summed E-state index contributed by atoms with van der Waals surface area (Å²) in [4.78, 5) is -0.133. The largest absolute Gasteiger partial charge is 0.294 e. The van der Waals surface area contributed by atoms with Gasteiger partial charge in [-0.05, 0) is 38.1 Å². The molecule has 0 spiro atoms. The molecule has 0 saturated carbocycles. The third kappa shape index (κ3) is 8.02. The fraction of sp³-hybridized carbons (Fsp3) is 0.143. The van der Waals surface area contributed by atoms with E-state index in [4.69, 9.17) is 9.11 Å². The van der Waals surface area contributed by atoms with Gasteiger partial charge in [0.05, 0.1) is 9.79 Å². The average molecular weight is 552 g/mol. The maximum Gasteiger partial charge on any atom is 0.294 e. The quantitative estimate of drug-likeness (QED) is 0.437. The van der Waals surface area contributed by atoms with E-state index in [-0.39, 0.29) is 37.1 Å². The summed E-state index contributed by atoms with van der Waals surface area (Å²) in [5, 5.41) is 0. The third-order valence-electron chi connectivity index (χ3n) is 2.64. The molecule has 0 aliphatic heterocycles. The van der Waals surface area contributed by atoms with Gasteiger partial charge in [-0.25, -0.2) is 0 Å². The van der Waals surface area contributed by atoms with E-state index in [1.165, 1.54) is 24.3 Å². The van der Waals surface area contributed by atoms with Gasteiger partial charge in [-0.1, -0.05) is 35.4 Å². The summed E-state index contributed by atoms with van der Waals surface area (Å²) in [5.41, 5.74) is 1.91. The summed E-state index contributed by atoms with van der Waals surface area (Å²) in [5.74, 6) is 0. The summed E-state index contributed by atoms with van der Waals surface area (Å²) in [6.45, 7) is 3.68. The molecule has 124 valence electrons. The molecule has 2 N–H and O–H groups in total. The van der Waals surface area contributed by atoms with E-state index in [1.54, 1.807) is 24.3 Å². The van der Waals surface area contributed by atoms with Crippen molar-refractivity contribution in [2.24, 2.45) is 0 Å². The van der Waals surface area contributed by atoms with Gasteiger partial charge in [-0.15, -0.1) is 0 Å². The maximum atomic E-state index is 10.5. The van der Waals surface area contributed by atoms with Crippen molar-refractivity contribution < 1.29 is 25.9 Å². The third-order valence-corrected chi connectivity index (χ3v) is 4.37. The van der Waals surface area contributed by atoms with Crippen LogP contribution in [0.4, 0.5) is 0 Å². The van der Waals surface area contributed by atoms with Crippen molar-refractivity contribution in [3.8, 4) is 0 Å². The molecular formula is C14H16O6PbS2. The van der Waals surface area contributed by atoms with Crippen molar-refractivity contribution >= 4 is 47.5 Å². The fourth-order valence-corrected chi connectivity index (χ4v) is 2.38. The first-order chi connectivity index (χ1) is 10.00. The van der Waals surface area contributed by atoms with E-state index < -0.39 is 20.2 Å². The van der Waals surface area contributed by atoms with Gasteiger partial charge in [-0.3, -0.25) is 9.11 Å². The van der Waals surface area contributed by atoms with E-state index in [0.717, 1.165) is 11.1 Å². The zero-order chi connectivity index (χ0) is 17.0. The van der Waals surface area contributed by atoms with Crippen LogP contribution < -0.4 is 0 Å². The molecule has 0 aliphatic rings. The molecule has 6 nitrogen and oxygen atoms in total. The Morgan fingerprint density at radius 2 is 0.826 bits per heavy atom. The summed E-state index contributed by atoms with van der Waals surface area (Å²) in [7, 11) is -8.04. The van der Waals surface area contributed by atoms with Crippen molar-refractivity contribution in [1.29, 1.82) is 0 Å². The van der Waals surface area contributed by atoms with E-state index in [1.807, 2.05) is 13.8 Å². The number of hydrogen-bond acceptors (Lipinski definition) is 4. The molecule has 23 heavy (non-hydrogen) atoms. The molecule has 4 radical (unpaired) electrons. The summed E-state index contributed by atoms with van der Waals surface area (Å²) in [6, 6.07) is 12.0. The van der Waals surface area contributed by atoms with Gasteiger partial charge in [0.2, 0.25) is 0 Å². The summed E-state index contributed by atoms with van der Waals surface area (Å²) < 4.78 is 59.1. The predicted octanol–water partition coefficient (Wildman–Crippen LogP) is 2.10. The van der Waals surface area contributed by atoms with Gasteiger partial charge in [0.1, 0.15) is 0 Å². The van der Waals surface area contributed by atoms with Gasteiger partial charge in [0, 0.05) is 27.3 Å². The molecule has 0 atom stereocenters. The van der Waals surface area contributed by atoms with Crippen LogP contribution in [0.25, 0.3) is 0 Å². The smallest absolute Gasteiger partial charge is 0.282 e. The summed E-state index contributed by atoms with van der Waals surface area (Å²) in [6.07, 6.45) is 0. The van der Waals surface area contributed by atoms with Crippen LogP contribution in [0.1, 0.15) is 11.1 Å². The Kier molecular flexibility index (Phi) is 8.56. The molecule has 2 aromatic rings. The van der Waals surface area contributed by atoms with Crippen LogP contribution in [0, 0.1) is 13.8 Å². The first-order valence-electron chi connectivity index (χ1n) is 6.08. The van der Waals surface area contributed by atoms with E-state index in [0.29, 0.717) is 0 Å². The number of rotatable bonds is 2. The van der Waals surface area contributed by atoms with Crippen LogP contribution in [0.5, 0.6) is 0 Å². The molecule has 0 aliphatic carbocycles. The van der Waals surface area contributed by atoms with Gasteiger partial charge in [-0.2, -0.15) is 16.8 Å². The van der Waals surface area contributed by atoms with E-state index >= 15 is 0 Å². The Bertz CT molecular complexity index is 752. The molecular weight excluding hydrogens is 535 g/mol. The standard InChI is InChI=1S/2C7H8O3S.Pb/c2*1-6-2-4-7(5-3-6)11(8,9)10;/h2*2-5H,1H3,(H,8,9,10);. The molecule has 0 aromatic heterocycles. The molecule has 0 amide bonds. The van der Waals surface area contributed by atoms with Crippen LogP contribution in [-0.4, -0.2) is 53.2 Å². The predicted molar refractivity (Wildman–Crippen MR) is 87.7 cm³/mol. The number of hydrogen-bond donors (Lipinski definition) is 2. The molecule has 0 fully saturated rings. The molecule has 2 rings (SSSR count). The second kappa shape index (κ2) is 8.87. The Morgan fingerprint density at radius 1 is 0.609 bits per heavy atom. The van der Waals surface area contributed by atoms with Crippen LogP contribution in [-0.2, 0) is 20.2 Å². The molecule has 9 heteroatoms. The Labute approximate surface area is 156 Å². The Morgan fingerprint density at radius 3 is 1.00 bits per heavy atom. The molecule has 0 unspecified atom stereocenters. The van der Waals surface area contributed by atoms with E-state index in [2.05, 4.69) is 0 Å². The number of aryl methyl sites for hydroxylation is 2. The zero-order valence-corrected chi connectivity index (χ0v) is 18.0. The molecule has 0 heterocycles. The first kappa shape index (κ1) is 22.2. The van der Waals surface area contributed by atoms with Crippen molar-refractivity contribution in [3.63, 3.8) is 0 Å². The van der Waals surface area contributed by atoms with Crippen LogP contribution >= 0.6 is 0 Å². The van der Waals surface area contributed by atoms with Crippen LogP contribution in [0.2, 0.25) is 0 Å². The topological polar surface area (TPSA) is 109 Å². The average Bonchev–Trinajstić information content (AvgIpc) is 2.38. The van der Waals surface area contributed by atoms with E-state index in [9.17, 15) is 16.8 Å². The Hall–Kier alpha value is -0.818. The van der Waals surface area contributed by atoms with Crippen molar-refractivity contribution in [1.82, 2.24) is 0 Å². The monoisotopic (exact) mass is 552 g/mol. The Balaban J connectivity index is 0.000000403. The van der Waals surface area contributed by atoms with Crippen molar-refractivity contribution in [2.75, 3.05) is 0 Å². The molecule has 0 saturated heterocycles. The fourth-order valence-electron chi connectivity index (χ4n) is 1.42. The van der Waals surface area contributed by atoms with Gasteiger partial charge >= 0.3 is 0 Å². The minimum Gasteiger partial charge on any atom is -0.282 e. The second-order valence-electron chi connectivity index (χ2n) is 4.58. The minimum atomic E-state index is -4.02.